The summed E-state index contributed by atoms with van der Waals surface area (Å²) in [6, 6.07) is 16.0. The van der Waals surface area contributed by atoms with Crippen molar-refractivity contribution >= 4 is 26.7 Å². The highest BCUT2D eigenvalue weighted by Crippen LogP contribution is 2.21. The summed E-state index contributed by atoms with van der Waals surface area (Å²) in [7, 11) is -1.99. The zero-order chi connectivity index (χ0) is 22.0. The van der Waals surface area contributed by atoms with Gasteiger partial charge in [0, 0.05) is 32.9 Å². The van der Waals surface area contributed by atoms with E-state index in [-0.39, 0.29) is 27.8 Å². The average Bonchev–Trinajstić information content (AvgIpc) is 2.79. The Labute approximate surface area is 181 Å². The Hall–Kier alpha value is -2.97. The highest BCUT2D eigenvalue weighted by molar-refractivity contribution is 7.89. The Balaban J connectivity index is 1.36. The molecule has 1 saturated heterocycles. The number of hydrogen-bond donors (Lipinski definition) is 1. The molecule has 7 nitrogen and oxygen atoms in total. The van der Waals surface area contributed by atoms with Crippen LogP contribution >= 0.6 is 0 Å². The second-order valence-electron chi connectivity index (χ2n) is 7.93. The maximum Gasteiger partial charge on any atom is 0.263 e. The van der Waals surface area contributed by atoms with Gasteiger partial charge < -0.3 is 9.47 Å². The molecule has 3 aromatic rings. The first-order chi connectivity index (χ1) is 14.8. The van der Waals surface area contributed by atoms with Crippen molar-refractivity contribution in [2.24, 2.45) is 13.0 Å². The Morgan fingerprint density at radius 2 is 1.74 bits per heavy atom. The highest BCUT2D eigenvalue weighted by Gasteiger charge is 2.26. The van der Waals surface area contributed by atoms with Gasteiger partial charge in [0.2, 0.25) is 10.0 Å². The van der Waals surface area contributed by atoms with Crippen LogP contribution in [0.4, 0.5) is 0 Å². The Morgan fingerprint density at radius 3 is 2.48 bits per heavy atom. The number of sulfonamides is 1. The van der Waals surface area contributed by atoms with Gasteiger partial charge in [-0.1, -0.05) is 30.3 Å². The van der Waals surface area contributed by atoms with Gasteiger partial charge in [0.1, 0.15) is 5.56 Å². The monoisotopic (exact) mass is 439 g/mol. The quantitative estimate of drug-likeness (QED) is 0.661. The van der Waals surface area contributed by atoms with Gasteiger partial charge in [-0.25, -0.2) is 13.1 Å². The molecule has 0 spiro atoms. The Morgan fingerprint density at radius 1 is 1.03 bits per heavy atom. The molecule has 2 aromatic carbocycles. The van der Waals surface area contributed by atoms with Crippen LogP contribution in [-0.2, 0) is 17.1 Å². The summed E-state index contributed by atoms with van der Waals surface area (Å²) >= 11 is 0. The molecular formula is C23H25N3O4S. The lowest BCUT2D eigenvalue weighted by Gasteiger charge is -2.32. The number of rotatable bonds is 5. The third-order valence-corrected chi connectivity index (χ3v) is 7.27. The number of pyridine rings is 1. The van der Waals surface area contributed by atoms with Gasteiger partial charge in [0.25, 0.3) is 11.5 Å². The van der Waals surface area contributed by atoms with Crippen molar-refractivity contribution in [3.63, 3.8) is 0 Å². The normalized spacial score (nSPS) is 15.3. The number of aryl methyl sites for hydroxylation is 1. The van der Waals surface area contributed by atoms with E-state index in [0.717, 1.165) is 10.8 Å². The van der Waals surface area contributed by atoms with Gasteiger partial charge in [-0.3, -0.25) is 9.59 Å². The van der Waals surface area contributed by atoms with E-state index in [1.807, 2.05) is 30.3 Å². The van der Waals surface area contributed by atoms with E-state index in [0.29, 0.717) is 32.5 Å². The standard InChI is InChI=1S/C23H25N3O4S/c1-25-12-4-7-21(22(25)27)23(28)26-13-10-17(11-14-26)16-24-31(29,30)20-9-8-18-5-2-3-6-19(18)15-20/h2-9,12,15,17,24H,10-11,13-14,16H2,1H3. The fourth-order valence-electron chi connectivity index (χ4n) is 3.92. The Kier molecular flexibility index (Phi) is 5.93. The number of nitrogens with zero attached hydrogens (tertiary/aromatic N) is 2. The summed E-state index contributed by atoms with van der Waals surface area (Å²) in [5, 5.41) is 1.87. The highest BCUT2D eigenvalue weighted by atomic mass is 32.2. The molecule has 1 aliphatic rings. The molecule has 0 atom stereocenters. The number of likely N-dealkylation sites (tertiary alicyclic amines) is 1. The second-order valence-corrected chi connectivity index (χ2v) is 9.70. The number of carbonyl (C=O) groups is 1. The molecule has 1 aromatic heterocycles. The van der Waals surface area contributed by atoms with Crippen molar-refractivity contribution in [2.75, 3.05) is 19.6 Å². The summed E-state index contributed by atoms with van der Waals surface area (Å²) in [6.45, 7) is 1.32. The van der Waals surface area contributed by atoms with Crippen LogP contribution in [-0.4, -0.2) is 43.4 Å². The summed E-state index contributed by atoms with van der Waals surface area (Å²) in [5.74, 6) is -0.130. The molecule has 1 amide bonds. The van der Waals surface area contributed by atoms with Crippen molar-refractivity contribution in [3.8, 4) is 0 Å². The molecule has 0 saturated carbocycles. The van der Waals surface area contributed by atoms with Gasteiger partial charge in [-0.05, 0) is 53.8 Å². The van der Waals surface area contributed by atoms with E-state index in [4.69, 9.17) is 0 Å². The molecule has 0 bridgehead atoms. The third kappa shape index (κ3) is 4.55. The molecule has 4 rings (SSSR count). The van der Waals surface area contributed by atoms with E-state index >= 15 is 0 Å². The van der Waals surface area contributed by atoms with Crippen molar-refractivity contribution < 1.29 is 13.2 Å². The number of carbonyl (C=O) groups excluding carboxylic acids is 1. The molecule has 162 valence electrons. The molecule has 0 unspecified atom stereocenters. The fraction of sp³-hybridized carbons (Fsp3) is 0.304. The Bertz CT molecular complexity index is 1280. The number of aromatic nitrogens is 1. The van der Waals surface area contributed by atoms with E-state index < -0.39 is 10.0 Å². The fourth-order valence-corrected chi connectivity index (χ4v) is 5.07. The van der Waals surface area contributed by atoms with Crippen LogP contribution in [0.15, 0.2) is 70.5 Å². The second kappa shape index (κ2) is 8.64. The number of amides is 1. The van der Waals surface area contributed by atoms with Crippen molar-refractivity contribution in [3.05, 3.63) is 76.7 Å². The van der Waals surface area contributed by atoms with Gasteiger partial charge in [-0.15, -0.1) is 0 Å². The summed E-state index contributed by atoms with van der Waals surface area (Å²) in [6.07, 6.45) is 2.98. The predicted octanol–water partition coefficient (Wildman–Crippen LogP) is 2.37. The number of hydrogen-bond acceptors (Lipinski definition) is 4. The number of benzene rings is 2. The first kappa shape index (κ1) is 21.3. The van der Waals surface area contributed by atoms with Crippen LogP contribution < -0.4 is 10.3 Å². The molecular weight excluding hydrogens is 414 g/mol. The first-order valence-electron chi connectivity index (χ1n) is 10.3. The van der Waals surface area contributed by atoms with Crippen LogP contribution in [0.25, 0.3) is 10.8 Å². The van der Waals surface area contributed by atoms with Crippen LogP contribution in [0.2, 0.25) is 0 Å². The zero-order valence-electron chi connectivity index (χ0n) is 17.3. The number of nitrogens with one attached hydrogen (secondary N) is 1. The molecule has 31 heavy (non-hydrogen) atoms. The maximum atomic E-state index is 12.7. The number of piperidine rings is 1. The summed E-state index contributed by atoms with van der Waals surface area (Å²) < 4.78 is 29.6. The van der Waals surface area contributed by atoms with Gasteiger partial charge in [0.15, 0.2) is 0 Å². The van der Waals surface area contributed by atoms with E-state index in [1.54, 1.807) is 42.4 Å². The molecule has 0 radical (unpaired) electrons. The molecule has 0 aliphatic carbocycles. The van der Waals surface area contributed by atoms with Gasteiger partial charge in [0.05, 0.1) is 4.90 Å². The van der Waals surface area contributed by atoms with Crippen molar-refractivity contribution in [1.82, 2.24) is 14.2 Å². The maximum absolute atomic E-state index is 12.7. The van der Waals surface area contributed by atoms with Crippen LogP contribution in [0.5, 0.6) is 0 Å². The van der Waals surface area contributed by atoms with Gasteiger partial charge in [-0.2, -0.15) is 0 Å². The minimum absolute atomic E-state index is 0.137. The minimum atomic E-state index is -3.61. The lowest BCUT2D eigenvalue weighted by Crippen LogP contribution is -2.43. The molecule has 8 heteroatoms. The topological polar surface area (TPSA) is 88.5 Å². The molecule has 2 heterocycles. The van der Waals surface area contributed by atoms with Crippen LogP contribution in [0, 0.1) is 5.92 Å². The largest absolute Gasteiger partial charge is 0.338 e. The molecule has 1 aliphatic heterocycles. The first-order valence-corrected chi connectivity index (χ1v) is 11.8. The molecule has 1 fully saturated rings. The van der Waals surface area contributed by atoms with Crippen LogP contribution in [0.3, 0.4) is 0 Å². The summed E-state index contributed by atoms with van der Waals surface area (Å²) in [4.78, 5) is 26.8. The van der Waals surface area contributed by atoms with Gasteiger partial charge >= 0.3 is 0 Å². The van der Waals surface area contributed by atoms with E-state index in [9.17, 15) is 18.0 Å². The van der Waals surface area contributed by atoms with E-state index in [1.165, 1.54) is 4.57 Å². The third-order valence-electron chi connectivity index (χ3n) is 5.85. The molecule has 1 N–H and O–H groups in total. The minimum Gasteiger partial charge on any atom is -0.338 e. The zero-order valence-corrected chi connectivity index (χ0v) is 18.1. The van der Waals surface area contributed by atoms with Crippen LogP contribution in [0.1, 0.15) is 23.2 Å². The average molecular weight is 440 g/mol. The van der Waals surface area contributed by atoms with Crippen molar-refractivity contribution in [2.45, 2.75) is 17.7 Å². The SMILES string of the molecule is Cn1cccc(C(=O)N2CCC(CNS(=O)(=O)c3ccc4ccccc4c3)CC2)c1=O. The smallest absolute Gasteiger partial charge is 0.263 e. The van der Waals surface area contributed by atoms with E-state index in [2.05, 4.69) is 4.72 Å². The predicted molar refractivity (Wildman–Crippen MR) is 119 cm³/mol. The summed E-state index contributed by atoms with van der Waals surface area (Å²) in [5.41, 5.74) is -0.141. The lowest BCUT2D eigenvalue weighted by molar-refractivity contribution is 0.0689. The number of fused-ring (bicyclic) bond motifs is 1. The lowest BCUT2D eigenvalue weighted by atomic mass is 9.97. The van der Waals surface area contributed by atoms with Crippen molar-refractivity contribution in [1.29, 1.82) is 0 Å².